The summed E-state index contributed by atoms with van der Waals surface area (Å²) in [6.45, 7) is 2.06. The molecule has 6 heteroatoms. The second kappa shape index (κ2) is 6.76. The fourth-order valence-electron chi connectivity index (χ4n) is 1.81. The van der Waals surface area contributed by atoms with Crippen LogP contribution in [-0.2, 0) is 13.3 Å². The second-order valence-electron chi connectivity index (χ2n) is 3.18. The van der Waals surface area contributed by atoms with E-state index in [1.165, 1.54) is 19.3 Å². The van der Waals surface area contributed by atoms with E-state index in [0.717, 1.165) is 13.1 Å². The minimum absolute atomic E-state index is 0. The maximum Gasteiger partial charge on any atom is 0.598 e. The van der Waals surface area contributed by atoms with Gasteiger partial charge in [-0.1, -0.05) is 6.42 Å². The Morgan fingerprint density at radius 1 is 0.857 bits per heavy atom. The van der Waals surface area contributed by atoms with Crippen molar-refractivity contribution < 1.29 is 13.3 Å². The molecule has 0 saturated carbocycles. The Kier molecular flexibility index (Phi) is 6.93. The second-order valence-corrected chi connectivity index (χ2v) is 6.09. The molecule has 1 aliphatic heterocycles. The summed E-state index contributed by atoms with van der Waals surface area (Å²) in [4.78, 5) is 0. The molecule has 1 saturated heterocycles. The Hall–Kier alpha value is 0.347. The average Bonchev–Trinajstić information content (AvgIpc) is 2.23. The van der Waals surface area contributed by atoms with E-state index in [-0.39, 0.29) is 12.4 Å². The lowest BCUT2D eigenvalue weighted by molar-refractivity contribution is 0.0507. The highest BCUT2D eigenvalue weighted by atomic mass is 35.5. The molecule has 86 valence electrons. The monoisotopic (exact) mass is 241 g/mol. The number of nitrogens with zero attached hydrogens (tertiary/aromatic N) is 1. The molecule has 0 aromatic carbocycles. The van der Waals surface area contributed by atoms with Gasteiger partial charge in [-0.25, -0.2) is 0 Å². The van der Waals surface area contributed by atoms with Crippen molar-refractivity contribution in [2.24, 2.45) is 0 Å². The number of halogens is 1. The van der Waals surface area contributed by atoms with Crippen LogP contribution in [0.2, 0.25) is 0 Å². The Balaban J connectivity index is 0.00000169. The van der Waals surface area contributed by atoms with Crippen LogP contribution in [0.1, 0.15) is 19.3 Å². The third kappa shape index (κ3) is 2.92. The zero-order chi connectivity index (χ0) is 9.73. The Morgan fingerprint density at radius 3 is 1.64 bits per heavy atom. The van der Waals surface area contributed by atoms with Crippen molar-refractivity contribution in [2.75, 3.05) is 34.4 Å². The highest BCUT2D eigenvalue weighted by molar-refractivity contribution is 6.57. The number of piperidine rings is 1. The summed E-state index contributed by atoms with van der Waals surface area (Å²) in [6.07, 6.45) is 3.73. The zero-order valence-electron chi connectivity index (χ0n) is 9.12. The predicted octanol–water partition coefficient (Wildman–Crippen LogP) is 1.27. The van der Waals surface area contributed by atoms with Crippen LogP contribution in [-0.4, -0.2) is 48.0 Å². The molecule has 1 rings (SSSR count). The highest BCUT2D eigenvalue weighted by Gasteiger charge is 2.46. The fourth-order valence-corrected chi connectivity index (χ4v) is 3.94. The van der Waals surface area contributed by atoms with E-state index in [4.69, 9.17) is 13.3 Å². The zero-order valence-corrected chi connectivity index (χ0v) is 10.9. The molecule has 0 aliphatic carbocycles. The van der Waals surface area contributed by atoms with Crippen molar-refractivity contribution in [3.8, 4) is 0 Å². The van der Waals surface area contributed by atoms with Gasteiger partial charge in [-0.2, -0.15) is 0 Å². The lowest BCUT2D eigenvalue weighted by Crippen LogP contribution is -2.60. The minimum Gasteiger partial charge on any atom is -0.364 e. The normalized spacial score (nSPS) is 19.1. The minimum atomic E-state index is -2.48. The maximum absolute atomic E-state index is 5.40. The van der Waals surface area contributed by atoms with E-state index in [2.05, 4.69) is 4.57 Å². The third-order valence-corrected chi connectivity index (χ3v) is 5.29. The molecular weight excluding hydrogens is 222 g/mol. The van der Waals surface area contributed by atoms with Crippen molar-refractivity contribution in [3.63, 3.8) is 0 Å². The summed E-state index contributed by atoms with van der Waals surface area (Å²) in [6, 6.07) is 0. The molecule has 0 aromatic rings. The van der Waals surface area contributed by atoms with E-state index in [0.29, 0.717) is 0 Å². The maximum atomic E-state index is 5.40. The molecule has 1 heterocycles. The van der Waals surface area contributed by atoms with Crippen LogP contribution in [0, 0.1) is 0 Å². The van der Waals surface area contributed by atoms with E-state index < -0.39 is 8.97 Å². The average molecular weight is 242 g/mol. The van der Waals surface area contributed by atoms with Crippen molar-refractivity contribution in [3.05, 3.63) is 0 Å². The molecule has 0 radical (unpaired) electrons. The SMILES string of the molecule is CO[Si](OC)(OC)N1CCCCC1.Cl. The topological polar surface area (TPSA) is 30.9 Å². The van der Waals surface area contributed by atoms with Gasteiger partial charge >= 0.3 is 8.97 Å². The molecule has 1 fully saturated rings. The van der Waals surface area contributed by atoms with Crippen LogP contribution in [0.5, 0.6) is 0 Å². The first-order valence-electron chi connectivity index (χ1n) is 4.69. The molecule has 1 aliphatic rings. The summed E-state index contributed by atoms with van der Waals surface area (Å²) in [5.41, 5.74) is 0. The van der Waals surface area contributed by atoms with E-state index in [1.807, 2.05) is 0 Å². The molecular formula is C8H20ClNO3Si. The van der Waals surface area contributed by atoms with Gasteiger partial charge in [-0.05, 0) is 25.9 Å². The van der Waals surface area contributed by atoms with Gasteiger partial charge in [-0.15, -0.1) is 12.4 Å². The largest absolute Gasteiger partial charge is 0.598 e. The number of rotatable bonds is 4. The first-order valence-corrected chi connectivity index (χ1v) is 6.37. The molecule has 0 aromatic heterocycles. The fraction of sp³-hybridized carbons (Fsp3) is 1.00. The van der Waals surface area contributed by atoms with Gasteiger partial charge < -0.3 is 13.3 Å². The van der Waals surface area contributed by atoms with Crippen molar-refractivity contribution in [1.29, 1.82) is 0 Å². The molecule has 0 atom stereocenters. The van der Waals surface area contributed by atoms with E-state index in [1.54, 1.807) is 21.3 Å². The first kappa shape index (κ1) is 14.3. The Morgan fingerprint density at radius 2 is 1.29 bits per heavy atom. The van der Waals surface area contributed by atoms with Crippen LogP contribution >= 0.6 is 12.4 Å². The van der Waals surface area contributed by atoms with E-state index >= 15 is 0 Å². The molecule has 0 N–H and O–H groups in total. The van der Waals surface area contributed by atoms with Crippen molar-refractivity contribution in [1.82, 2.24) is 4.57 Å². The molecule has 14 heavy (non-hydrogen) atoms. The van der Waals surface area contributed by atoms with Gasteiger partial charge in [0.15, 0.2) is 0 Å². The molecule has 0 amide bonds. The third-order valence-electron chi connectivity index (χ3n) is 2.52. The Bertz CT molecular complexity index is 143. The standard InChI is InChI=1S/C8H19NO3Si.ClH/c1-10-13(11-2,12-3)9-7-5-4-6-8-9;/h4-8H2,1-3H3;1H. The van der Waals surface area contributed by atoms with Crippen LogP contribution in [0.15, 0.2) is 0 Å². The molecule has 0 bridgehead atoms. The number of hydrogen-bond donors (Lipinski definition) is 0. The van der Waals surface area contributed by atoms with Crippen LogP contribution < -0.4 is 0 Å². The van der Waals surface area contributed by atoms with E-state index in [9.17, 15) is 0 Å². The summed E-state index contributed by atoms with van der Waals surface area (Å²) in [5, 5.41) is 0. The Labute approximate surface area is 93.4 Å². The lowest BCUT2D eigenvalue weighted by atomic mass is 10.2. The van der Waals surface area contributed by atoms with Crippen LogP contribution in [0.25, 0.3) is 0 Å². The summed E-state index contributed by atoms with van der Waals surface area (Å²) < 4.78 is 18.4. The number of hydrogen-bond acceptors (Lipinski definition) is 4. The predicted molar refractivity (Wildman–Crippen MR) is 59.5 cm³/mol. The van der Waals surface area contributed by atoms with Crippen LogP contribution in [0.3, 0.4) is 0 Å². The summed E-state index contributed by atoms with van der Waals surface area (Å²) in [7, 11) is 2.50. The van der Waals surface area contributed by atoms with Crippen molar-refractivity contribution >= 4 is 21.4 Å². The van der Waals surface area contributed by atoms with Gasteiger partial charge in [-0.3, -0.25) is 4.57 Å². The smallest absolute Gasteiger partial charge is 0.364 e. The molecule has 4 nitrogen and oxygen atoms in total. The first-order chi connectivity index (χ1) is 6.29. The van der Waals surface area contributed by atoms with Gasteiger partial charge in [0.2, 0.25) is 0 Å². The molecule has 0 unspecified atom stereocenters. The van der Waals surface area contributed by atoms with Crippen molar-refractivity contribution in [2.45, 2.75) is 19.3 Å². The molecule has 0 spiro atoms. The van der Waals surface area contributed by atoms with Crippen LogP contribution in [0.4, 0.5) is 0 Å². The quantitative estimate of drug-likeness (QED) is 0.694. The highest BCUT2D eigenvalue weighted by Crippen LogP contribution is 2.18. The van der Waals surface area contributed by atoms with Gasteiger partial charge in [0, 0.05) is 21.3 Å². The lowest BCUT2D eigenvalue weighted by Gasteiger charge is -2.37. The van der Waals surface area contributed by atoms with Gasteiger partial charge in [0.05, 0.1) is 0 Å². The summed E-state index contributed by atoms with van der Waals surface area (Å²) in [5.74, 6) is 0. The summed E-state index contributed by atoms with van der Waals surface area (Å²) >= 11 is 0. The van der Waals surface area contributed by atoms with Gasteiger partial charge in [0.25, 0.3) is 0 Å². The van der Waals surface area contributed by atoms with Gasteiger partial charge in [0.1, 0.15) is 0 Å².